The van der Waals surface area contributed by atoms with E-state index in [1.54, 1.807) is 0 Å². The third-order valence-corrected chi connectivity index (χ3v) is 2.45. The van der Waals surface area contributed by atoms with Crippen molar-refractivity contribution in [2.75, 3.05) is 13.2 Å². The highest BCUT2D eigenvalue weighted by Crippen LogP contribution is 2.35. The first-order valence-corrected chi connectivity index (χ1v) is 4.03. The van der Waals surface area contributed by atoms with Crippen molar-refractivity contribution in [3.05, 3.63) is 0 Å². The quantitative estimate of drug-likeness (QED) is 0.559. The minimum Gasteiger partial charge on any atom is -0.352 e. The van der Waals surface area contributed by atoms with Crippen molar-refractivity contribution in [2.45, 2.75) is 31.3 Å². The first-order valence-electron chi connectivity index (χ1n) is 4.03. The summed E-state index contributed by atoms with van der Waals surface area (Å²) < 4.78 is 41.4. The molecule has 0 aromatic rings. The number of hydrogen-bond acceptors (Lipinski definition) is 2. The number of ether oxygens (including phenoxy) is 1. The molecule has 0 aromatic carbocycles. The molecule has 2 nitrogen and oxygen atoms in total. The van der Waals surface area contributed by atoms with Crippen LogP contribution in [0.3, 0.4) is 0 Å². The van der Waals surface area contributed by atoms with Crippen LogP contribution in [-0.4, -0.2) is 36.5 Å². The Bertz CT molecular complexity index is 182. The normalized spacial score (nSPS) is 37.2. The highest BCUT2D eigenvalue weighted by molar-refractivity contribution is 4.88. The van der Waals surface area contributed by atoms with E-state index in [9.17, 15) is 13.2 Å². The molecular weight excluding hydrogens is 171 g/mol. The van der Waals surface area contributed by atoms with Gasteiger partial charge in [-0.25, -0.2) is 0 Å². The molecule has 2 atom stereocenters. The zero-order valence-corrected chi connectivity index (χ0v) is 6.47. The Labute approximate surface area is 68.3 Å². The molecule has 2 aliphatic heterocycles. The molecule has 2 heterocycles. The summed E-state index contributed by atoms with van der Waals surface area (Å²) in [4.78, 5) is 1.42. The van der Waals surface area contributed by atoms with Crippen LogP contribution < -0.4 is 0 Å². The summed E-state index contributed by atoms with van der Waals surface area (Å²) in [6, 6.07) is 0.0108. The number of halogens is 3. The van der Waals surface area contributed by atoms with Crippen LogP contribution in [-0.2, 0) is 4.74 Å². The fraction of sp³-hybridized carbons (Fsp3) is 1.00. The van der Waals surface area contributed by atoms with Crippen molar-refractivity contribution in [1.82, 2.24) is 4.90 Å². The molecule has 0 unspecified atom stereocenters. The van der Waals surface area contributed by atoms with Gasteiger partial charge in [0.1, 0.15) is 0 Å². The Balaban J connectivity index is 2.09. The van der Waals surface area contributed by atoms with Crippen LogP contribution in [0.2, 0.25) is 0 Å². The first-order chi connectivity index (χ1) is 5.59. The molecule has 0 radical (unpaired) electrons. The van der Waals surface area contributed by atoms with E-state index in [2.05, 4.69) is 4.74 Å². The zero-order valence-electron chi connectivity index (χ0n) is 6.47. The van der Waals surface area contributed by atoms with Crippen LogP contribution in [0.5, 0.6) is 0 Å². The van der Waals surface area contributed by atoms with Gasteiger partial charge >= 0.3 is 6.18 Å². The molecule has 0 amide bonds. The molecular formula is C7H10F3NO. The predicted octanol–water partition coefficient (Wildman–Crippen LogP) is 1.37. The van der Waals surface area contributed by atoms with Gasteiger partial charge in [-0.2, -0.15) is 13.2 Å². The van der Waals surface area contributed by atoms with Gasteiger partial charge in [0.25, 0.3) is 0 Å². The maximum Gasteiger partial charge on any atom is 0.428 e. The number of rotatable bonds is 0. The highest BCUT2D eigenvalue weighted by Gasteiger charge is 2.52. The Morgan fingerprint density at radius 1 is 1.33 bits per heavy atom. The van der Waals surface area contributed by atoms with Gasteiger partial charge in [0.05, 0.1) is 6.61 Å². The third-order valence-electron chi connectivity index (χ3n) is 2.45. The summed E-state index contributed by atoms with van der Waals surface area (Å²) in [5.74, 6) is 0. The van der Waals surface area contributed by atoms with E-state index >= 15 is 0 Å². The van der Waals surface area contributed by atoms with Gasteiger partial charge in [-0.05, 0) is 12.8 Å². The van der Waals surface area contributed by atoms with Crippen molar-refractivity contribution >= 4 is 0 Å². The minimum absolute atomic E-state index is 0.0108. The molecule has 0 aliphatic carbocycles. The Morgan fingerprint density at radius 2 is 2.08 bits per heavy atom. The smallest absolute Gasteiger partial charge is 0.352 e. The lowest BCUT2D eigenvalue weighted by Gasteiger charge is -2.23. The standard InChI is InChI=1S/C7H10F3NO/c8-7(9,10)6-11-3-1-2-5(11)4-12-6/h5-6H,1-4H2/t5-,6+/m0/s1. The van der Waals surface area contributed by atoms with Crippen LogP contribution in [0.4, 0.5) is 13.2 Å². The van der Waals surface area contributed by atoms with Crippen LogP contribution >= 0.6 is 0 Å². The molecule has 0 spiro atoms. The molecule has 0 N–H and O–H groups in total. The molecule has 2 fully saturated rings. The molecule has 0 aromatic heterocycles. The second-order valence-corrected chi connectivity index (χ2v) is 3.26. The van der Waals surface area contributed by atoms with Crippen molar-refractivity contribution < 1.29 is 17.9 Å². The van der Waals surface area contributed by atoms with Crippen molar-refractivity contribution in [3.8, 4) is 0 Å². The number of nitrogens with zero attached hydrogens (tertiary/aromatic N) is 1. The Morgan fingerprint density at radius 3 is 2.75 bits per heavy atom. The molecule has 12 heavy (non-hydrogen) atoms. The van der Waals surface area contributed by atoms with Crippen LogP contribution in [0, 0.1) is 0 Å². The van der Waals surface area contributed by atoms with Gasteiger partial charge in [0.15, 0.2) is 0 Å². The second-order valence-electron chi connectivity index (χ2n) is 3.26. The SMILES string of the molecule is FC(F)(F)[C@H]1OC[C@@H]2CCCN21. The lowest BCUT2D eigenvalue weighted by molar-refractivity contribution is -0.239. The summed E-state index contributed by atoms with van der Waals surface area (Å²) in [6.45, 7) is 0.763. The average Bonchev–Trinajstić information content (AvgIpc) is 2.37. The summed E-state index contributed by atoms with van der Waals surface area (Å²) >= 11 is 0. The predicted molar refractivity (Wildman–Crippen MR) is 35.5 cm³/mol. The summed E-state index contributed by atoms with van der Waals surface area (Å²) in [5.41, 5.74) is 0. The topological polar surface area (TPSA) is 12.5 Å². The number of fused-ring (bicyclic) bond motifs is 1. The van der Waals surface area contributed by atoms with Gasteiger partial charge in [-0.1, -0.05) is 0 Å². The number of alkyl halides is 3. The lowest BCUT2D eigenvalue weighted by Crippen LogP contribution is -2.42. The largest absolute Gasteiger partial charge is 0.428 e. The van der Waals surface area contributed by atoms with Crippen molar-refractivity contribution in [2.24, 2.45) is 0 Å². The van der Waals surface area contributed by atoms with Gasteiger partial charge in [0.2, 0.25) is 6.23 Å². The molecule has 0 saturated carbocycles. The van der Waals surface area contributed by atoms with E-state index in [1.807, 2.05) is 0 Å². The van der Waals surface area contributed by atoms with E-state index < -0.39 is 12.4 Å². The Kier molecular flexibility index (Phi) is 1.80. The van der Waals surface area contributed by atoms with E-state index in [0.29, 0.717) is 6.54 Å². The zero-order chi connectivity index (χ0) is 8.77. The Hall–Kier alpha value is -0.290. The van der Waals surface area contributed by atoms with E-state index in [1.165, 1.54) is 4.90 Å². The molecule has 2 saturated heterocycles. The second kappa shape index (κ2) is 2.60. The van der Waals surface area contributed by atoms with Crippen LogP contribution in [0.15, 0.2) is 0 Å². The fourth-order valence-electron chi connectivity index (χ4n) is 1.93. The summed E-state index contributed by atoms with van der Waals surface area (Å²) in [5, 5.41) is 0. The van der Waals surface area contributed by atoms with E-state index in [-0.39, 0.29) is 12.6 Å². The highest BCUT2D eigenvalue weighted by atomic mass is 19.4. The summed E-state index contributed by atoms with van der Waals surface area (Å²) in [6.07, 6.45) is -4.16. The monoisotopic (exact) mass is 181 g/mol. The van der Waals surface area contributed by atoms with E-state index in [0.717, 1.165) is 12.8 Å². The fourth-order valence-corrected chi connectivity index (χ4v) is 1.93. The van der Waals surface area contributed by atoms with E-state index in [4.69, 9.17) is 0 Å². The molecule has 2 aliphatic rings. The average molecular weight is 181 g/mol. The van der Waals surface area contributed by atoms with Gasteiger partial charge in [-0.3, -0.25) is 4.90 Å². The third kappa shape index (κ3) is 1.21. The maximum atomic E-state index is 12.2. The molecule has 0 bridgehead atoms. The lowest BCUT2D eigenvalue weighted by atomic mass is 10.2. The molecule has 70 valence electrons. The maximum absolute atomic E-state index is 12.2. The first kappa shape index (κ1) is 8.31. The van der Waals surface area contributed by atoms with Crippen molar-refractivity contribution in [3.63, 3.8) is 0 Å². The summed E-state index contributed by atoms with van der Waals surface area (Å²) in [7, 11) is 0. The molecule has 2 rings (SSSR count). The van der Waals surface area contributed by atoms with Gasteiger partial charge in [-0.15, -0.1) is 0 Å². The van der Waals surface area contributed by atoms with Crippen LogP contribution in [0.1, 0.15) is 12.8 Å². The number of hydrogen-bond donors (Lipinski definition) is 0. The van der Waals surface area contributed by atoms with Gasteiger partial charge in [0, 0.05) is 12.6 Å². The molecule has 5 heteroatoms. The van der Waals surface area contributed by atoms with Crippen LogP contribution in [0.25, 0.3) is 0 Å². The minimum atomic E-state index is -4.22. The van der Waals surface area contributed by atoms with Gasteiger partial charge < -0.3 is 4.74 Å². The van der Waals surface area contributed by atoms with Crippen molar-refractivity contribution in [1.29, 1.82) is 0 Å².